The zero-order valence-corrected chi connectivity index (χ0v) is 22.6. The number of amides is 2. The molecule has 0 radical (unpaired) electrons. The van der Waals surface area contributed by atoms with Gasteiger partial charge in [0.1, 0.15) is 18.1 Å². The van der Waals surface area contributed by atoms with Gasteiger partial charge in [-0.15, -0.1) is 0 Å². The number of carboxylic acids is 1. The topological polar surface area (TPSA) is 97.3 Å². The molecular weight excluding hydrogens is 541 g/mol. The van der Waals surface area contributed by atoms with Crippen LogP contribution in [0, 0.1) is 0 Å². The Labute approximate surface area is 236 Å². The summed E-state index contributed by atoms with van der Waals surface area (Å²) in [4.78, 5) is 25.8. The van der Waals surface area contributed by atoms with Crippen LogP contribution in [0.15, 0.2) is 78.9 Å². The van der Waals surface area contributed by atoms with Crippen LogP contribution in [-0.4, -0.2) is 61.0 Å². The average molecular weight is 575 g/mol. The third-order valence-corrected chi connectivity index (χ3v) is 5.95. The zero-order valence-electron chi connectivity index (χ0n) is 22.6. The Kier molecular flexibility index (Phi) is 11.8. The van der Waals surface area contributed by atoms with Crippen molar-refractivity contribution in [1.29, 1.82) is 0 Å². The maximum Gasteiger partial charge on any atom is 0.416 e. The van der Waals surface area contributed by atoms with Crippen LogP contribution in [0.3, 0.4) is 0 Å². The van der Waals surface area contributed by atoms with Crippen molar-refractivity contribution in [1.82, 2.24) is 4.90 Å². The van der Waals surface area contributed by atoms with Gasteiger partial charge in [0.25, 0.3) is 0 Å². The number of carbonyl (C=O) groups excluding carboxylic acids is 1. The summed E-state index contributed by atoms with van der Waals surface area (Å²) >= 11 is 0. The summed E-state index contributed by atoms with van der Waals surface area (Å²) < 4.78 is 55.4. The maximum atomic E-state index is 13.0. The van der Waals surface area contributed by atoms with E-state index in [0.29, 0.717) is 37.7 Å². The van der Waals surface area contributed by atoms with E-state index in [1.807, 2.05) is 30.3 Å². The first-order valence-electron chi connectivity index (χ1n) is 13.1. The molecule has 1 atom stereocenters. The summed E-state index contributed by atoms with van der Waals surface area (Å²) in [5, 5.41) is 11.9. The van der Waals surface area contributed by atoms with Crippen molar-refractivity contribution < 1.29 is 42.1 Å². The molecule has 0 saturated carbocycles. The number of halogens is 3. The second kappa shape index (κ2) is 15.5. The van der Waals surface area contributed by atoms with Crippen molar-refractivity contribution in [3.8, 4) is 11.5 Å². The molecule has 11 heteroatoms. The van der Waals surface area contributed by atoms with Crippen molar-refractivity contribution in [3.63, 3.8) is 0 Å². The number of hydrogen-bond donors (Lipinski definition) is 2. The predicted octanol–water partition coefficient (Wildman–Crippen LogP) is 6.12. The molecule has 220 valence electrons. The van der Waals surface area contributed by atoms with Gasteiger partial charge in [-0.05, 0) is 67.4 Å². The van der Waals surface area contributed by atoms with E-state index in [2.05, 4.69) is 5.32 Å². The largest absolute Gasteiger partial charge is 0.494 e. The Morgan fingerprint density at radius 3 is 2.12 bits per heavy atom. The van der Waals surface area contributed by atoms with Gasteiger partial charge < -0.3 is 29.5 Å². The number of carbonyl (C=O) groups is 2. The van der Waals surface area contributed by atoms with E-state index in [-0.39, 0.29) is 25.3 Å². The molecule has 0 bridgehead atoms. The van der Waals surface area contributed by atoms with Gasteiger partial charge >= 0.3 is 18.2 Å². The third-order valence-electron chi connectivity index (χ3n) is 5.95. The molecule has 3 aromatic carbocycles. The number of nitrogens with one attached hydrogen (secondary N) is 1. The number of urea groups is 1. The number of nitrogens with zero attached hydrogens (tertiary/aromatic N) is 1. The number of alkyl halides is 3. The number of para-hydroxylation sites is 1. The van der Waals surface area contributed by atoms with E-state index in [1.54, 1.807) is 31.2 Å². The lowest BCUT2D eigenvalue weighted by molar-refractivity contribution is -0.150. The molecule has 3 aromatic rings. The van der Waals surface area contributed by atoms with Crippen LogP contribution < -0.4 is 14.8 Å². The smallest absolute Gasteiger partial charge is 0.416 e. The molecule has 1 unspecified atom stereocenters. The Bertz CT molecular complexity index is 1220. The van der Waals surface area contributed by atoms with Crippen LogP contribution in [0.5, 0.6) is 11.5 Å². The lowest BCUT2D eigenvalue weighted by atomic mass is 10.1. The standard InChI is InChI=1S/C30H33F3N2O6/c1-2-39-27(28(36)37)21-22-9-15-26(16-10-22)41-20-18-35(17-6-19-40-25-7-4-3-5-8-25)29(38)34-24-13-11-23(12-14-24)30(31,32)33/h3-5,7-16,27H,2,6,17-21H2,1H3,(H,34,38)(H,36,37). The second-order valence-electron chi connectivity index (χ2n) is 8.99. The van der Waals surface area contributed by atoms with Gasteiger partial charge in [-0.1, -0.05) is 30.3 Å². The molecule has 2 amide bonds. The molecule has 8 nitrogen and oxygen atoms in total. The monoisotopic (exact) mass is 574 g/mol. The molecule has 3 rings (SSSR count). The van der Waals surface area contributed by atoms with E-state index < -0.39 is 29.8 Å². The number of aliphatic carboxylic acids is 1. The Morgan fingerprint density at radius 2 is 1.51 bits per heavy atom. The number of carboxylic acid groups (broad SMARTS) is 1. The highest BCUT2D eigenvalue weighted by atomic mass is 19.4. The lowest BCUT2D eigenvalue weighted by Gasteiger charge is -2.23. The SMILES string of the molecule is CCOC(Cc1ccc(OCCN(CCCOc2ccccc2)C(=O)Nc2ccc(C(F)(F)F)cc2)cc1)C(=O)O. The van der Waals surface area contributed by atoms with Gasteiger partial charge in [0.15, 0.2) is 6.10 Å². The summed E-state index contributed by atoms with van der Waals surface area (Å²) in [6, 6.07) is 19.9. The van der Waals surface area contributed by atoms with Gasteiger partial charge in [0, 0.05) is 25.3 Å². The molecule has 0 saturated heterocycles. The molecule has 0 heterocycles. The van der Waals surface area contributed by atoms with Crippen LogP contribution in [0.1, 0.15) is 24.5 Å². The Hall–Kier alpha value is -4.25. The van der Waals surface area contributed by atoms with Crippen molar-refractivity contribution in [2.75, 3.05) is 38.2 Å². The quantitative estimate of drug-likeness (QED) is 0.212. The predicted molar refractivity (Wildman–Crippen MR) is 147 cm³/mol. The fraction of sp³-hybridized carbons (Fsp3) is 0.333. The van der Waals surface area contributed by atoms with E-state index in [0.717, 1.165) is 17.7 Å². The minimum absolute atomic E-state index is 0.149. The summed E-state index contributed by atoms with van der Waals surface area (Å²) in [5.41, 5.74) is 0.201. The van der Waals surface area contributed by atoms with Crippen LogP contribution in [0.4, 0.5) is 23.7 Å². The molecular formula is C30H33F3N2O6. The van der Waals surface area contributed by atoms with Gasteiger partial charge in [-0.3, -0.25) is 0 Å². The average Bonchev–Trinajstić information content (AvgIpc) is 2.95. The fourth-order valence-electron chi connectivity index (χ4n) is 3.85. The minimum Gasteiger partial charge on any atom is -0.494 e. The third kappa shape index (κ3) is 10.7. The first-order valence-corrected chi connectivity index (χ1v) is 13.1. The number of rotatable bonds is 15. The summed E-state index contributed by atoms with van der Waals surface area (Å²) in [5.74, 6) is 0.208. The second-order valence-corrected chi connectivity index (χ2v) is 8.99. The molecule has 0 fully saturated rings. The van der Waals surface area contributed by atoms with Gasteiger partial charge in [-0.25, -0.2) is 9.59 Å². The molecule has 0 aliphatic heterocycles. The zero-order chi connectivity index (χ0) is 29.7. The van der Waals surface area contributed by atoms with Crippen molar-refractivity contribution in [2.24, 2.45) is 0 Å². The lowest BCUT2D eigenvalue weighted by Crippen LogP contribution is -2.39. The van der Waals surface area contributed by atoms with Crippen LogP contribution in [-0.2, 0) is 22.1 Å². The van der Waals surface area contributed by atoms with E-state index >= 15 is 0 Å². The highest BCUT2D eigenvalue weighted by Crippen LogP contribution is 2.29. The number of benzene rings is 3. The first kappa shape index (κ1) is 31.3. The molecule has 0 aromatic heterocycles. The molecule has 0 spiro atoms. The van der Waals surface area contributed by atoms with Gasteiger partial charge in [0.2, 0.25) is 0 Å². The highest BCUT2D eigenvalue weighted by molar-refractivity contribution is 5.89. The van der Waals surface area contributed by atoms with Crippen LogP contribution in [0.25, 0.3) is 0 Å². The van der Waals surface area contributed by atoms with Crippen molar-refractivity contribution in [2.45, 2.75) is 32.0 Å². The number of hydrogen-bond acceptors (Lipinski definition) is 5. The number of anilines is 1. The first-order chi connectivity index (χ1) is 19.7. The van der Waals surface area contributed by atoms with E-state index in [9.17, 15) is 27.9 Å². The molecule has 2 N–H and O–H groups in total. The molecule has 41 heavy (non-hydrogen) atoms. The van der Waals surface area contributed by atoms with Crippen LogP contribution >= 0.6 is 0 Å². The Morgan fingerprint density at radius 1 is 0.878 bits per heavy atom. The van der Waals surface area contributed by atoms with Crippen molar-refractivity contribution in [3.05, 3.63) is 90.0 Å². The van der Waals surface area contributed by atoms with E-state index in [4.69, 9.17) is 14.2 Å². The maximum absolute atomic E-state index is 13.0. The van der Waals surface area contributed by atoms with Crippen LogP contribution in [0.2, 0.25) is 0 Å². The molecule has 0 aliphatic rings. The normalized spacial score (nSPS) is 11.9. The van der Waals surface area contributed by atoms with Gasteiger partial charge in [-0.2, -0.15) is 13.2 Å². The van der Waals surface area contributed by atoms with Gasteiger partial charge in [0.05, 0.1) is 18.7 Å². The summed E-state index contributed by atoms with van der Waals surface area (Å²) in [7, 11) is 0. The summed E-state index contributed by atoms with van der Waals surface area (Å²) in [6.07, 6.45) is -4.68. The summed E-state index contributed by atoms with van der Waals surface area (Å²) in [6.45, 7) is 3.04. The minimum atomic E-state index is -4.47. The Balaban J connectivity index is 1.56. The van der Waals surface area contributed by atoms with E-state index in [1.165, 1.54) is 17.0 Å². The fourth-order valence-corrected chi connectivity index (χ4v) is 3.85. The molecule has 0 aliphatic carbocycles. The van der Waals surface area contributed by atoms with Crippen molar-refractivity contribution >= 4 is 17.7 Å². The number of ether oxygens (including phenoxy) is 3. The highest BCUT2D eigenvalue weighted by Gasteiger charge is 2.30.